The average Bonchev–Trinajstić information content (AvgIpc) is 3.69. The summed E-state index contributed by atoms with van der Waals surface area (Å²) in [7, 11) is 0. The molecule has 0 heterocycles. The Kier molecular flexibility index (Phi) is 5.14. The second kappa shape index (κ2) is 9.50. The molecule has 11 aromatic carbocycles. The molecule has 0 N–H and O–H groups in total. The molecule has 0 bridgehead atoms. The Bertz CT molecular complexity index is 3240. The molecule has 1 aliphatic carbocycles. The molecule has 1 aliphatic rings. The standard InChI is InChI=1S/C51H32/c1-51(2)41-23-12-11-20-33(41)35-24-25-37-46-38(26-27-42(51)48(35)46)50-44(30-16-7-4-8-17-30)47-36-22-13-21-34-31-18-9-10-19-32(31)39(45(34)36)28-40(47)43(49(37)50)29-14-5-3-6-15-29/h3-28H,1-2H3. The molecule has 0 amide bonds. The second-order valence-corrected chi connectivity index (χ2v) is 15.1. The maximum absolute atomic E-state index is 2.53. The van der Waals surface area contributed by atoms with Crippen molar-refractivity contribution >= 4 is 75.4 Å². The molecule has 0 atom stereocenters. The smallest absolute Gasteiger partial charge is 0.0159 e. The van der Waals surface area contributed by atoms with Crippen molar-refractivity contribution in [3.05, 3.63) is 169 Å². The highest BCUT2D eigenvalue weighted by atomic mass is 14.4. The van der Waals surface area contributed by atoms with E-state index in [9.17, 15) is 0 Å². The van der Waals surface area contributed by atoms with Gasteiger partial charge in [-0.3, -0.25) is 0 Å². The molecule has 0 unspecified atom stereocenters. The lowest BCUT2D eigenvalue weighted by molar-refractivity contribution is 0.645. The molecule has 0 aromatic heterocycles. The fraction of sp³-hybridized carbons (Fsp3) is 0.0588. The van der Waals surface area contributed by atoms with E-state index in [1.165, 1.54) is 120 Å². The van der Waals surface area contributed by atoms with Crippen LogP contribution in [0.2, 0.25) is 0 Å². The summed E-state index contributed by atoms with van der Waals surface area (Å²) in [6.07, 6.45) is 0. The molecule has 12 rings (SSSR count). The zero-order valence-electron chi connectivity index (χ0n) is 28.5. The van der Waals surface area contributed by atoms with Gasteiger partial charge in [0.2, 0.25) is 0 Å². The van der Waals surface area contributed by atoms with Crippen LogP contribution in [0, 0.1) is 0 Å². The lowest BCUT2D eigenvalue weighted by atomic mass is 9.68. The molecular formula is C51H32. The Balaban J connectivity index is 1.42. The minimum absolute atomic E-state index is 0.114. The van der Waals surface area contributed by atoms with Gasteiger partial charge in [-0.05, 0) is 126 Å². The number of fused-ring (bicyclic) bond motifs is 10. The van der Waals surface area contributed by atoms with Gasteiger partial charge in [0.25, 0.3) is 0 Å². The van der Waals surface area contributed by atoms with Crippen LogP contribution in [0.5, 0.6) is 0 Å². The third-order valence-corrected chi connectivity index (χ3v) is 12.3. The van der Waals surface area contributed by atoms with Crippen molar-refractivity contribution in [2.45, 2.75) is 19.3 Å². The normalized spacial score (nSPS) is 13.8. The number of hydrogen-bond donors (Lipinski definition) is 0. The summed E-state index contributed by atoms with van der Waals surface area (Å²) in [4.78, 5) is 0. The third kappa shape index (κ3) is 3.31. The summed E-state index contributed by atoms with van der Waals surface area (Å²) >= 11 is 0. The van der Waals surface area contributed by atoms with Gasteiger partial charge >= 0.3 is 0 Å². The maximum atomic E-state index is 2.53. The summed E-state index contributed by atoms with van der Waals surface area (Å²) in [5.41, 5.74) is 10.6. The fourth-order valence-electron chi connectivity index (χ4n) is 10.3. The van der Waals surface area contributed by atoms with Crippen molar-refractivity contribution in [1.29, 1.82) is 0 Å². The summed E-state index contributed by atoms with van der Waals surface area (Å²) in [6, 6.07) is 59.6. The highest BCUT2D eigenvalue weighted by Gasteiger charge is 2.35. The van der Waals surface area contributed by atoms with Gasteiger partial charge in [-0.2, -0.15) is 0 Å². The molecular weight excluding hydrogens is 613 g/mol. The Morgan fingerprint density at radius 3 is 1.63 bits per heavy atom. The molecule has 236 valence electrons. The molecule has 0 nitrogen and oxygen atoms in total. The van der Waals surface area contributed by atoms with E-state index in [2.05, 4.69) is 172 Å². The van der Waals surface area contributed by atoms with Crippen LogP contribution in [0.25, 0.3) is 109 Å². The van der Waals surface area contributed by atoms with E-state index in [1.54, 1.807) is 0 Å². The van der Waals surface area contributed by atoms with E-state index < -0.39 is 0 Å². The predicted molar refractivity (Wildman–Crippen MR) is 220 cm³/mol. The molecule has 0 heteroatoms. The van der Waals surface area contributed by atoms with E-state index in [1.807, 2.05) is 0 Å². The first-order valence-electron chi connectivity index (χ1n) is 18.1. The van der Waals surface area contributed by atoms with Crippen molar-refractivity contribution in [3.63, 3.8) is 0 Å². The first-order chi connectivity index (χ1) is 25.1. The van der Waals surface area contributed by atoms with Gasteiger partial charge in [-0.15, -0.1) is 0 Å². The van der Waals surface area contributed by atoms with Crippen molar-refractivity contribution in [3.8, 4) is 33.4 Å². The van der Waals surface area contributed by atoms with Crippen LogP contribution < -0.4 is 0 Å². The summed E-state index contributed by atoms with van der Waals surface area (Å²) < 4.78 is 0. The second-order valence-electron chi connectivity index (χ2n) is 15.1. The van der Waals surface area contributed by atoms with Crippen LogP contribution in [-0.2, 0) is 5.41 Å². The van der Waals surface area contributed by atoms with Crippen LogP contribution in [0.15, 0.2) is 158 Å². The Morgan fingerprint density at radius 1 is 0.294 bits per heavy atom. The van der Waals surface area contributed by atoms with E-state index in [-0.39, 0.29) is 5.41 Å². The van der Waals surface area contributed by atoms with E-state index in [0.29, 0.717) is 0 Å². The van der Waals surface area contributed by atoms with Crippen LogP contribution in [0.3, 0.4) is 0 Å². The molecule has 0 radical (unpaired) electrons. The zero-order chi connectivity index (χ0) is 33.6. The van der Waals surface area contributed by atoms with Gasteiger partial charge in [0.05, 0.1) is 0 Å². The van der Waals surface area contributed by atoms with E-state index in [4.69, 9.17) is 0 Å². The van der Waals surface area contributed by atoms with Gasteiger partial charge < -0.3 is 0 Å². The van der Waals surface area contributed by atoms with Gasteiger partial charge in [-0.1, -0.05) is 166 Å². The van der Waals surface area contributed by atoms with Gasteiger partial charge in [0, 0.05) is 5.41 Å². The largest absolute Gasteiger partial charge is 0.0622 e. The lowest BCUT2D eigenvalue weighted by Gasteiger charge is -2.35. The average molecular weight is 645 g/mol. The van der Waals surface area contributed by atoms with Crippen LogP contribution in [-0.4, -0.2) is 0 Å². The summed E-state index contributed by atoms with van der Waals surface area (Å²) in [5, 5.41) is 18.9. The summed E-state index contributed by atoms with van der Waals surface area (Å²) in [5.74, 6) is 0. The van der Waals surface area contributed by atoms with Crippen LogP contribution in [0.1, 0.15) is 25.0 Å². The SMILES string of the molecule is CC1(C)c2ccccc2-c2ccc3c4c(-c5ccccc5)c5cc6c7ccccc7c7cccc(c5c(-c5ccccc5)c4c4ccc1c2c34)c76. The number of hydrogen-bond acceptors (Lipinski definition) is 0. The van der Waals surface area contributed by atoms with Gasteiger partial charge in [0.15, 0.2) is 0 Å². The molecule has 0 saturated carbocycles. The minimum Gasteiger partial charge on any atom is -0.0622 e. The lowest BCUT2D eigenvalue weighted by Crippen LogP contribution is -2.23. The van der Waals surface area contributed by atoms with Crippen molar-refractivity contribution in [2.75, 3.05) is 0 Å². The van der Waals surface area contributed by atoms with Crippen molar-refractivity contribution in [1.82, 2.24) is 0 Å². The van der Waals surface area contributed by atoms with Crippen LogP contribution in [0.4, 0.5) is 0 Å². The molecule has 0 saturated heterocycles. The quantitative estimate of drug-likeness (QED) is 0.164. The number of rotatable bonds is 2. The molecule has 0 fully saturated rings. The topological polar surface area (TPSA) is 0 Å². The Hall–Kier alpha value is -6.24. The minimum atomic E-state index is -0.114. The van der Waals surface area contributed by atoms with E-state index >= 15 is 0 Å². The molecule has 11 aromatic rings. The molecule has 0 spiro atoms. The molecule has 51 heavy (non-hydrogen) atoms. The van der Waals surface area contributed by atoms with E-state index in [0.717, 1.165) is 0 Å². The van der Waals surface area contributed by atoms with Crippen molar-refractivity contribution in [2.24, 2.45) is 0 Å². The van der Waals surface area contributed by atoms with Gasteiger partial charge in [-0.25, -0.2) is 0 Å². The monoisotopic (exact) mass is 644 g/mol. The highest BCUT2D eigenvalue weighted by Crippen LogP contribution is 2.57. The summed E-state index contributed by atoms with van der Waals surface area (Å²) in [6.45, 7) is 4.81. The number of benzene rings is 9. The first kappa shape index (κ1) is 27.6. The Labute approximate surface area is 295 Å². The van der Waals surface area contributed by atoms with Crippen molar-refractivity contribution < 1.29 is 0 Å². The third-order valence-electron chi connectivity index (χ3n) is 12.3. The Morgan fingerprint density at radius 2 is 0.863 bits per heavy atom. The van der Waals surface area contributed by atoms with Crippen LogP contribution >= 0.6 is 0 Å². The maximum Gasteiger partial charge on any atom is 0.0159 e. The zero-order valence-corrected chi connectivity index (χ0v) is 28.5. The van der Waals surface area contributed by atoms with Gasteiger partial charge in [0.1, 0.15) is 0 Å². The highest BCUT2D eigenvalue weighted by molar-refractivity contribution is 6.45. The first-order valence-corrected chi connectivity index (χ1v) is 18.1. The molecule has 0 aliphatic heterocycles. The fourth-order valence-corrected chi connectivity index (χ4v) is 10.3. The predicted octanol–water partition coefficient (Wildman–Crippen LogP) is 14.3.